The minimum atomic E-state index is -1.59. The summed E-state index contributed by atoms with van der Waals surface area (Å²) in [5.74, 6) is -1.75. The number of allylic oxidation sites excluding steroid dienone is 2. The number of H-pyrrole nitrogens is 1. The molecule has 6 fully saturated rings. The molecule has 4 saturated carbocycles. The molecular formula is C49H77N3O11. The van der Waals surface area contributed by atoms with E-state index in [1.165, 1.54) is 5.57 Å². The third-order valence-corrected chi connectivity index (χ3v) is 19.8. The number of aliphatic carboxylic acids is 1. The van der Waals surface area contributed by atoms with Gasteiger partial charge in [0.2, 0.25) is 5.91 Å². The molecule has 14 heteroatoms. The smallest absolute Gasteiger partial charge is 0.310 e. The van der Waals surface area contributed by atoms with E-state index >= 15 is 0 Å². The number of nitrogens with zero attached hydrogens (tertiary/aromatic N) is 1. The molecule has 2 saturated heterocycles. The fourth-order valence-electron chi connectivity index (χ4n) is 16.1. The number of nitrogens with one attached hydrogen (secondary N) is 2. The monoisotopic (exact) mass is 884 g/mol. The number of fused-ring (bicyclic) bond motifs is 7. The summed E-state index contributed by atoms with van der Waals surface area (Å²) < 4.78 is 12.4. The van der Waals surface area contributed by atoms with Crippen molar-refractivity contribution in [3.05, 3.63) is 29.9 Å². The predicted molar refractivity (Wildman–Crippen MR) is 232 cm³/mol. The highest BCUT2D eigenvalue weighted by atomic mass is 16.7. The van der Waals surface area contributed by atoms with Crippen LogP contribution in [0.2, 0.25) is 0 Å². The maximum Gasteiger partial charge on any atom is 0.310 e. The molecule has 14 nitrogen and oxygen atoms in total. The summed E-state index contributed by atoms with van der Waals surface area (Å²) in [6.07, 6.45) is 7.63. The molecule has 0 spiro atoms. The fourth-order valence-corrected chi connectivity index (χ4v) is 16.1. The van der Waals surface area contributed by atoms with Gasteiger partial charge in [0.25, 0.3) is 0 Å². The molecule has 0 radical (unpaired) electrons. The normalized spacial score (nSPS) is 49.5. The first-order valence-corrected chi connectivity index (χ1v) is 24.2. The van der Waals surface area contributed by atoms with E-state index in [2.05, 4.69) is 56.0 Å². The number of rotatable bonds is 13. The van der Waals surface area contributed by atoms with Gasteiger partial charge < -0.3 is 55.5 Å². The van der Waals surface area contributed by atoms with Crippen molar-refractivity contribution in [3.63, 3.8) is 0 Å². The number of imidazole rings is 1. The second-order valence-corrected chi connectivity index (χ2v) is 22.8. The van der Waals surface area contributed by atoms with Crippen molar-refractivity contribution in [1.82, 2.24) is 15.3 Å². The Labute approximate surface area is 373 Å². The minimum absolute atomic E-state index is 0.00761. The zero-order valence-corrected chi connectivity index (χ0v) is 38.5. The number of carbonyl (C=O) groups is 2. The number of carboxylic acid groups (broad SMARTS) is 1. The highest BCUT2D eigenvalue weighted by Crippen LogP contribution is 2.78. The molecule has 19 unspecified atom stereocenters. The average molecular weight is 884 g/mol. The number of aliphatic hydroxyl groups is 6. The third-order valence-electron chi connectivity index (χ3n) is 19.8. The van der Waals surface area contributed by atoms with Gasteiger partial charge in [0.1, 0.15) is 18.3 Å². The standard InChI is InChI=1S/C49H77N3O11/c1-7-8-9-10-28-20-49(43(60)61)16-15-44(2,24-53)21-32(49)30-11-12-36-46(4,48(28,30)6)14-13-35-45(3,25-54)41(63-42-40(59)39(58)34(55)23-62-42)38(57)31(47(35,36)5)17-27-18-37(56)52-33(27)19-29-22-50-26-51-29/h11,22,26-28,31-36,38-42,53-55,57-59H,7-10,12-21,23-25H2,1-6H3,(H,50,51)(H,52,56)(H,60,61). The first-order valence-electron chi connectivity index (χ1n) is 24.2. The summed E-state index contributed by atoms with van der Waals surface area (Å²) in [7, 11) is 0. The lowest BCUT2D eigenvalue weighted by molar-refractivity contribution is -0.341. The number of unbranched alkanes of at least 4 members (excludes halogenated alkanes) is 2. The van der Waals surface area contributed by atoms with Gasteiger partial charge in [-0.2, -0.15) is 0 Å². The number of hydrogen-bond acceptors (Lipinski definition) is 11. The lowest BCUT2D eigenvalue weighted by Crippen LogP contribution is -2.73. The van der Waals surface area contributed by atoms with Gasteiger partial charge in [-0.1, -0.05) is 72.5 Å². The molecule has 354 valence electrons. The lowest BCUT2D eigenvalue weighted by atomic mass is 9.30. The molecule has 19 atom stereocenters. The van der Waals surface area contributed by atoms with E-state index in [4.69, 9.17) is 9.47 Å². The number of aromatic nitrogens is 2. The van der Waals surface area contributed by atoms with Gasteiger partial charge >= 0.3 is 5.97 Å². The van der Waals surface area contributed by atoms with Crippen LogP contribution in [0.3, 0.4) is 0 Å². The van der Waals surface area contributed by atoms with Crippen LogP contribution in [0.25, 0.3) is 0 Å². The first kappa shape index (κ1) is 47.1. The number of hydrogen-bond donors (Lipinski definition) is 9. The maximum absolute atomic E-state index is 13.8. The SMILES string of the molecule is CCCCCC1CC2(C(=O)O)CCC(C)(CO)CC2C2=CCC3C4(C)C(CC5CC(=O)NC5Cc5cnc[nH]5)C(O)C(OC5OCC(O)C(O)C5O)C(C)(CO)C4CCC3(C)C21C. The van der Waals surface area contributed by atoms with E-state index in [1.54, 1.807) is 12.5 Å². The number of amides is 1. The molecule has 0 aromatic carbocycles. The van der Waals surface area contributed by atoms with Crippen LogP contribution in [0.1, 0.15) is 131 Å². The highest BCUT2D eigenvalue weighted by Gasteiger charge is 2.75. The quantitative estimate of drug-likeness (QED) is 0.0757. The fraction of sp³-hybridized carbons (Fsp3) is 0.857. The molecule has 5 aliphatic carbocycles. The minimum Gasteiger partial charge on any atom is -0.481 e. The average Bonchev–Trinajstić information content (AvgIpc) is 3.90. The van der Waals surface area contributed by atoms with Gasteiger partial charge in [0, 0.05) is 42.8 Å². The summed E-state index contributed by atoms with van der Waals surface area (Å²) in [5, 5.41) is 82.2. The van der Waals surface area contributed by atoms with Crippen molar-refractivity contribution in [2.75, 3.05) is 19.8 Å². The van der Waals surface area contributed by atoms with Crippen LogP contribution in [0.5, 0.6) is 0 Å². The first-order chi connectivity index (χ1) is 29.8. The molecule has 0 bridgehead atoms. The van der Waals surface area contributed by atoms with E-state index < -0.39 is 70.4 Å². The Bertz CT molecular complexity index is 1860. The van der Waals surface area contributed by atoms with Crippen molar-refractivity contribution < 1.29 is 54.8 Å². The van der Waals surface area contributed by atoms with Crippen LogP contribution in [0, 0.1) is 68.0 Å². The van der Waals surface area contributed by atoms with Crippen molar-refractivity contribution in [2.45, 2.75) is 174 Å². The van der Waals surface area contributed by atoms with Gasteiger partial charge in [-0.25, -0.2) is 4.98 Å². The maximum atomic E-state index is 13.8. The zero-order valence-electron chi connectivity index (χ0n) is 38.5. The Balaban J connectivity index is 1.26. The third kappa shape index (κ3) is 7.20. The van der Waals surface area contributed by atoms with Gasteiger partial charge in [-0.05, 0) is 115 Å². The summed E-state index contributed by atoms with van der Waals surface area (Å²) >= 11 is 0. The second kappa shape index (κ2) is 17.0. The van der Waals surface area contributed by atoms with Gasteiger partial charge in [-0.3, -0.25) is 9.59 Å². The van der Waals surface area contributed by atoms with E-state index in [-0.39, 0.29) is 78.6 Å². The topological polar surface area (TPSA) is 235 Å². The second-order valence-electron chi connectivity index (χ2n) is 22.8. The molecule has 63 heavy (non-hydrogen) atoms. The molecule has 7 aliphatic rings. The molecule has 3 heterocycles. The Morgan fingerprint density at radius 1 is 0.968 bits per heavy atom. The van der Waals surface area contributed by atoms with Crippen molar-refractivity contribution in [1.29, 1.82) is 0 Å². The molecule has 9 N–H and O–H groups in total. The summed E-state index contributed by atoms with van der Waals surface area (Å²) in [6.45, 7) is 12.8. The number of aromatic amines is 1. The number of carboxylic acids is 1. The molecular weight excluding hydrogens is 807 g/mol. The van der Waals surface area contributed by atoms with Crippen LogP contribution >= 0.6 is 0 Å². The Morgan fingerprint density at radius 3 is 2.40 bits per heavy atom. The van der Waals surface area contributed by atoms with Crippen LogP contribution in [0.15, 0.2) is 24.2 Å². The Morgan fingerprint density at radius 2 is 1.73 bits per heavy atom. The van der Waals surface area contributed by atoms with Crippen LogP contribution < -0.4 is 5.32 Å². The molecule has 8 rings (SSSR count). The van der Waals surface area contributed by atoms with E-state index in [0.717, 1.165) is 37.8 Å². The van der Waals surface area contributed by atoms with Crippen LogP contribution in [-0.2, 0) is 25.5 Å². The molecule has 2 aliphatic heterocycles. The van der Waals surface area contributed by atoms with Crippen molar-refractivity contribution in [3.8, 4) is 0 Å². The van der Waals surface area contributed by atoms with Crippen LogP contribution in [-0.4, -0.2) is 120 Å². The van der Waals surface area contributed by atoms with Gasteiger partial charge in [-0.15, -0.1) is 0 Å². The predicted octanol–water partition coefficient (Wildman–Crippen LogP) is 4.51. The molecule has 1 aromatic heterocycles. The van der Waals surface area contributed by atoms with Gasteiger partial charge in [0.05, 0.1) is 37.2 Å². The number of aliphatic hydroxyl groups excluding tert-OH is 6. The number of carbonyl (C=O) groups excluding carboxylic acids is 1. The van der Waals surface area contributed by atoms with Crippen molar-refractivity contribution >= 4 is 11.9 Å². The van der Waals surface area contributed by atoms with E-state index in [0.29, 0.717) is 51.4 Å². The number of ether oxygens (including phenoxy) is 2. The summed E-state index contributed by atoms with van der Waals surface area (Å²) in [6, 6.07) is -0.222. The molecule has 1 aromatic rings. The summed E-state index contributed by atoms with van der Waals surface area (Å²) in [4.78, 5) is 34.5. The molecule has 1 amide bonds. The zero-order chi connectivity index (χ0) is 45.5. The van der Waals surface area contributed by atoms with Gasteiger partial charge in [0.15, 0.2) is 6.29 Å². The Hall–Kier alpha value is -2.43. The van der Waals surface area contributed by atoms with E-state index in [9.17, 15) is 45.3 Å². The lowest BCUT2D eigenvalue weighted by Gasteiger charge is -2.74. The largest absolute Gasteiger partial charge is 0.481 e. The Kier molecular flexibility index (Phi) is 12.7. The highest BCUT2D eigenvalue weighted by molar-refractivity contribution is 5.79. The van der Waals surface area contributed by atoms with Crippen LogP contribution in [0.4, 0.5) is 0 Å². The summed E-state index contributed by atoms with van der Waals surface area (Å²) in [5.41, 5.74) is -1.61. The van der Waals surface area contributed by atoms with E-state index in [1.807, 2.05) is 6.92 Å². The van der Waals surface area contributed by atoms with Crippen molar-refractivity contribution in [2.24, 2.45) is 68.0 Å².